The number of rotatable bonds is 6. The number of aromatic carboxylic acids is 1. The molecule has 2 aromatic rings. The molecule has 0 atom stereocenters. The summed E-state index contributed by atoms with van der Waals surface area (Å²) < 4.78 is 5.21. The molecule has 2 aliphatic rings. The van der Waals surface area contributed by atoms with E-state index in [4.69, 9.17) is 4.74 Å². The monoisotopic (exact) mass is 395 g/mol. The van der Waals surface area contributed by atoms with Crippen LogP contribution in [-0.4, -0.2) is 50.3 Å². The number of amides is 1. The molecular weight excluding hydrogens is 370 g/mol. The molecule has 152 valence electrons. The minimum Gasteiger partial charge on any atom is -0.497 e. The smallest absolute Gasteiger partial charge is 0.337 e. The third-order valence-corrected chi connectivity index (χ3v) is 5.52. The zero-order valence-corrected chi connectivity index (χ0v) is 16.4. The third-order valence-electron chi connectivity index (χ3n) is 5.52. The molecule has 29 heavy (non-hydrogen) atoms. The Bertz CT molecular complexity index is 901. The van der Waals surface area contributed by atoms with Gasteiger partial charge in [-0.1, -0.05) is 0 Å². The van der Waals surface area contributed by atoms with Gasteiger partial charge in [-0.3, -0.25) is 4.79 Å². The standard InChI is InChI=1S/C22H25N3O4/c1-29-18-7-4-16(5-8-18)24-10-12-25(13-11-24)17-6-9-20(19(14-17)22(27)28)23-21(26)15-2-3-15/h4-9,14-15H,2-3,10-13H2,1H3,(H,23,26)(H,27,28). The Morgan fingerprint density at radius 2 is 1.55 bits per heavy atom. The summed E-state index contributed by atoms with van der Waals surface area (Å²) >= 11 is 0. The van der Waals surface area contributed by atoms with Gasteiger partial charge in [-0.2, -0.15) is 0 Å². The first-order valence-corrected chi connectivity index (χ1v) is 9.87. The second-order valence-electron chi connectivity index (χ2n) is 7.47. The van der Waals surface area contributed by atoms with E-state index in [9.17, 15) is 14.7 Å². The molecule has 1 saturated carbocycles. The number of hydrogen-bond donors (Lipinski definition) is 2. The van der Waals surface area contributed by atoms with Gasteiger partial charge < -0.3 is 25.0 Å². The van der Waals surface area contributed by atoms with E-state index in [1.54, 1.807) is 19.2 Å². The van der Waals surface area contributed by atoms with E-state index in [1.807, 2.05) is 30.3 Å². The van der Waals surface area contributed by atoms with Gasteiger partial charge in [0, 0.05) is 43.5 Å². The van der Waals surface area contributed by atoms with Crippen molar-refractivity contribution in [2.24, 2.45) is 5.92 Å². The molecule has 1 heterocycles. The number of carbonyl (C=O) groups excluding carboxylic acids is 1. The number of hydrogen-bond acceptors (Lipinski definition) is 5. The summed E-state index contributed by atoms with van der Waals surface area (Å²) in [5.41, 5.74) is 2.51. The number of nitrogens with zero attached hydrogens (tertiary/aromatic N) is 2. The second kappa shape index (κ2) is 8.03. The summed E-state index contributed by atoms with van der Waals surface area (Å²) in [4.78, 5) is 28.2. The van der Waals surface area contributed by atoms with Gasteiger partial charge in [0.25, 0.3) is 0 Å². The van der Waals surface area contributed by atoms with Crippen molar-refractivity contribution in [3.8, 4) is 5.75 Å². The van der Waals surface area contributed by atoms with E-state index in [0.717, 1.165) is 56.1 Å². The lowest BCUT2D eigenvalue weighted by molar-refractivity contribution is -0.117. The molecule has 1 aliphatic heterocycles. The molecule has 4 rings (SSSR count). The quantitative estimate of drug-likeness (QED) is 0.782. The van der Waals surface area contributed by atoms with Gasteiger partial charge in [0.05, 0.1) is 18.4 Å². The van der Waals surface area contributed by atoms with Crippen LogP contribution in [0.2, 0.25) is 0 Å². The van der Waals surface area contributed by atoms with Gasteiger partial charge in [0.2, 0.25) is 5.91 Å². The maximum Gasteiger partial charge on any atom is 0.337 e. The highest BCUT2D eigenvalue weighted by Gasteiger charge is 2.30. The Hall–Kier alpha value is -3.22. The highest BCUT2D eigenvalue weighted by Crippen LogP contribution is 2.32. The van der Waals surface area contributed by atoms with E-state index < -0.39 is 5.97 Å². The maximum absolute atomic E-state index is 12.0. The van der Waals surface area contributed by atoms with E-state index in [2.05, 4.69) is 15.1 Å². The Morgan fingerprint density at radius 3 is 2.10 bits per heavy atom. The molecule has 1 aliphatic carbocycles. The summed E-state index contributed by atoms with van der Waals surface area (Å²) in [6.45, 7) is 3.27. The number of piperazine rings is 1. The van der Waals surface area contributed by atoms with Crippen LogP contribution in [-0.2, 0) is 4.79 Å². The second-order valence-corrected chi connectivity index (χ2v) is 7.47. The van der Waals surface area contributed by atoms with E-state index in [-0.39, 0.29) is 17.4 Å². The van der Waals surface area contributed by atoms with Crippen molar-refractivity contribution < 1.29 is 19.4 Å². The average Bonchev–Trinajstić information content (AvgIpc) is 3.60. The molecule has 0 bridgehead atoms. The Balaban J connectivity index is 1.43. The first-order chi connectivity index (χ1) is 14.0. The van der Waals surface area contributed by atoms with Gasteiger partial charge in [-0.15, -0.1) is 0 Å². The molecule has 7 heteroatoms. The summed E-state index contributed by atoms with van der Waals surface area (Å²) in [7, 11) is 1.65. The van der Waals surface area contributed by atoms with Crippen LogP contribution in [0.5, 0.6) is 5.75 Å². The fourth-order valence-electron chi connectivity index (χ4n) is 3.61. The number of anilines is 3. The van der Waals surface area contributed by atoms with Gasteiger partial charge in [0.1, 0.15) is 5.75 Å². The first kappa shape index (κ1) is 19.1. The number of carboxylic acids is 1. The van der Waals surface area contributed by atoms with Crippen molar-refractivity contribution in [2.75, 3.05) is 48.4 Å². The van der Waals surface area contributed by atoms with E-state index in [0.29, 0.717) is 5.69 Å². The van der Waals surface area contributed by atoms with E-state index in [1.165, 1.54) is 0 Å². The fourth-order valence-corrected chi connectivity index (χ4v) is 3.61. The summed E-state index contributed by atoms with van der Waals surface area (Å²) in [6, 6.07) is 13.3. The van der Waals surface area contributed by atoms with Crippen molar-refractivity contribution >= 4 is 28.9 Å². The van der Waals surface area contributed by atoms with E-state index >= 15 is 0 Å². The van der Waals surface area contributed by atoms with Crippen LogP contribution in [0.1, 0.15) is 23.2 Å². The SMILES string of the molecule is COc1ccc(N2CCN(c3ccc(NC(=O)C4CC4)c(C(=O)O)c3)CC2)cc1. The lowest BCUT2D eigenvalue weighted by Crippen LogP contribution is -2.46. The number of carboxylic acid groups (broad SMARTS) is 1. The first-order valence-electron chi connectivity index (χ1n) is 9.87. The Morgan fingerprint density at radius 1 is 0.966 bits per heavy atom. The van der Waals surface area contributed by atoms with Crippen LogP contribution < -0.4 is 19.9 Å². The van der Waals surface area contributed by atoms with Gasteiger partial charge in [0.15, 0.2) is 0 Å². The molecule has 2 N–H and O–H groups in total. The Labute approximate surface area is 169 Å². The van der Waals surface area contributed by atoms with Crippen LogP contribution in [0.3, 0.4) is 0 Å². The predicted octanol–water partition coefficient (Wildman–Crippen LogP) is 3.07. The summed E-state index contributed by atoms with van der Waals surface area (Å²) in [5, 5.41) is 12.4. The third kappa shape index (κ3) is 4.29. The van der Waals surface area contributed by atoms with Crippen molar-refractivity contribution in [3.05, 3.63) is 48.0 Å². The Kier molecular flexibility index (Phi) is 5.29. The minimum atomic E-state index is -1.03. The van der Waals surface area contributed by atoms with Gasteiger partial charge in [-0.05, 0) is 55.3 Å². The van der Waals surface area contributed by atoms with Crippen molar-refractivity contribution in [1.29, 1.82) is 0 Å². The molecule has 2 fully saturated rings. The molecule has 0 aromatic heterocycles. The number of nitrogens with one attached hydrogen (secondary N) is 1. The van der Waals surface area contributed by atoms with Crippen LogP contribution >= 0.6 is 0 Å². The molecular formula is C22H25N3O4. The van der Waals surface area contributed by atoms with Crippen LogP contribution in [0.25, 0.3) is 0 Å². The van der Waals surface area contributed by atoms with Crippen LogP contribution in [0, 0.1) is 5.92 Å². The molecule has 1 saturated heterocycles. The number of carbonyl (C=O) groups is 2. The summed E-state index contributed by atoms with van der Waals surface area (Å²) in [5.74, 6) is -0.257. The van der Waals surface area contributed by atoms with Crippen molar-refractivity contribution in [3.63, 3.8) is 0 Å². The molecule has 2 aromatic carbocycles. The lowest BCUT2D eigenvalue weighted by Gasteiger charge is -2.37. The molecule has 0 radical (unpaired) electrons. The average molecular weight is 395 g/mol. The zero-order chi connectivity index (χ0) is 20.4. The van der Waals surface area contributed by atoms with Gasteiger partial charge >= 0.3 is 5.97 Å². The van der Waals surface area contributed by atoms with Gasteiger partial charge in [-0.25, -0.2) is 4.79 Å². The highest BCUT2D eigenvalue weighted by molar-refractivity contribution is 6.02. The number of methoxy groups -OCH3 is 1. The minimum absolute atomic E-state index is 0.0300. The topological polar surface area (TPSA) is 82.1 Å². The number of benzene rings is 2. The largest absolute Gasteiger partial charge is 0.497 e. The van der Waals surface area contributed by atoms with Crippen molar-refractivity contribution in [1.82, 2.24) is 0 Å². The fraction of sp³-hybridized carbons (Fsp3) is 0.364. The molecule has 1 amide bonds. The normalized spacial score (nSPS) is 16.4. The number of ether oxygens (including phenoxy) is 1. The molecule has 0 unspecified atom stereocenters. The lowest BCUT2D eigenvalue weighted by atomic mass is 10.1. The van der Waals surface area contributed by atoms with Crippen LogP contribution in [0.15, 0.2) is 42.5 Å². The zero-order valence-electron chi connectivity index (χ0n) is 16.4. The molecule has 0 spiro atoms. The maximum atomic E-state index is 12.0. The highest BCUT2D eigenvalue weighted by atomic mass is 16.5. The van der Waals surface area contributed by atoms with Crippen molar-refractivity contribution in [2.45, 2.75) is 12.8 Å². The van der Waals surface area contributed by atoms with Crippen LogP contribution in [0.4, 0.5) is 17.1 Å². The molecule has 7 nitrogen and oxygen atoms in total. The summed E-state index contributed by atoms with van der Waals surface area (Å²) in [6.07, 6.45) is 1.76. The predicted molar refractivity (Wildman–Crippen MR) is 112 cm³/mol.